The summed E-state index contributed by atoms with van der Waals surface area (Å²) in [6.45, 7) is 8.33. The van der Waals surface area contributed by atoms with Crippen molar-refractivity contribution < 1.29 is 214 Å². The van der Waals surface area contributed by atoms with Gasteiger partial charge in [0.1, 0.15) is 17.8 Å². The van der Waals surface area contributed by atoms with Gasteiger partial charge in [-0.25, -0.2) is 9.59 Å². The second-order valence-corrected chi connectivity index (χ2v) is 17.1. The number of hydrogen-bond donors (Lipinski definition) is 2. The highest BCUT2D eigenvalue weighted by molar-refractivity contribution is 6.05. The Bertz CT molecular complexity index is 2390. The molecule has 0 aromatic rings. The maximum absolute atomic E-state index is 14.7. The zero-order valence-corrected chi connectivity index (χ0v) is 45.2. The number of nitrogens with two attached hydrogens (primary N) is 1. The molecular formula is C42H42F38N2O10. The molecule has 1 amide bonds. The summed E-state index contributed by atoms with van der Waals surface area (Å²) < 4.78 is 504. The van der Waals surface area contributed by atoms with Gasteiger partial charge in [0, 0.05) is 33.0 Å². The number of methoxy groups -OCH3 is 1. The highest BCUT2D eigenvalue weighted by Gasteiger charge is 2.84. The molecule has 0 aromatic heterocycles. The van der Waals surface area contributed by atoms with Crippen LogP contribution in [0.15, 0.2) is 38.0 Å². The van der Waals surface area contributed by atoms with E-state index in [9.17, 15) is 186 Å². The van der Waals surface area contributed by atoms with E-state index >= 15 is 0 Å². The van der Waals surface area contributed by atoms with Gasteiger partial charge in [0.25, 0.3) is 0 Å². The molecule has 0 bridgehead atoms. The van der Waals surface area contributed by atoms with Crippen LogP contribution in [0.4, 0.5) is 167 Å². The van der Waals surface area contributed by atoms with Gasteiger partial charge in [0.15, 0.2) is 0 Å². The summed E-state index contributed by atoms with van der Waals surface area (Å²) in [5, 5.41) is 2.68. The molecule has 0 radical (unpaired) electrons. The fourth-order valence-electron chi connectivity index (χ4n) is 4.99. The summed E-state index contributed by atoms with van der Waals surface area (Å²) in [6, 6.07) is 0. The molecule has 0 aliphatic heterocycles. The lowest BCUT2D eigenvalue weighted by Gasteiger charge is -2.41. The van der Waals surface area contributed by atoms with Crippen LogP contribution in [0.3, 0.4) is 0 Å². The second kappa shape index (κ2) is 31.3. The topological polar surface area (TPSA) is 162 Å². The number of allylic oxidation sites excluding steroid dienone is 1. The molecule has 4 unspecified atom stereocenters. The highest BCUT2D eigenvalue weighted by Crippen LogP contribution is 2.58. The van der Waals surface area contributed by atoms with E-state index in [1.54, 1.807) is 25.2 Å². The third kappa shape index (κ3) is 21.2. The molecule has 0 aliphatic rings. The number of esters is 2. The summed E-state index contributed by atoms with van der Waals surface area (Å²) in [4.78, 5) is 46.8. The first-order valence-corrected chi connectivity index (χ1v) is 22.7. The van der Waals surface area contributed by atoms with Gasteiger partial charge in [-0.2, -0.15) is 154 Å². The minimum atomic E-state index is -8.04. The summed E-state index contributed by atoms with van der Waals surface area (Å²) in [5.41, 5.74) is -2.22. The molecule has 546 valence electrons. The maximum atomic E-state index is 14.7. The predicted octanol–water partition coefficient (Wildman–Crippen LogP) is 15.1. The van der Waals surface area contributed by atoms with E-state index < -0.39 is 159 Å². The normalized spacial score (nSPS) is 16.6. The van der Waals surface area contributed by atoms with E-state index in [0.29, 0.717) is 32.4 Å². The number of amides is 1. The zero-order chi connectivity index (χ0) is 75.2. The second-order valence-electron chi connectivity index (χ2n) is 17.1. The first kappa shape index (κ1) is 92.8. The SMILES string of the molecule is C=CCCC(=O)C(C)(CC)C(=O)NCC=C.C=CCN.CCC(COC(=O)C(F)(OC(F)(F)C(F)(F)C(F)(F)F)C(F)(F)F)(C(F)(F)F)C(F)(F)OC(=O)C(F)(OC(F)(F)C(F)(F)C(F)(F)F)C(F)(F)F.COC(F)(F)C(F)(F)C(F)(F)C(F)(F)CCOC(F)(F)F. The Hall–Kier alpha value is -5.56. The number of alkyl halides is 38. The minimum absolute atomic E-state index is 0.0311. The van der Waals surface area contributed by atoms with Gasteiger partial charge in [0.2, 0.25) is 11.3 Å². The van der Waals surface area contributed by atoms with Crippen LogP contribution in [0.25, 0.3) is 0 Å². The molecule has 3 N–H and O–H groups in total. The molecule has 0 aliphatic carbocycles. The van der Waals surface area contributed by atoms with Crippen molar-refractivity contribution in [2.75, 3.05) is 33.4 Å². The molecule has 0 fully saturated rings. The van der Waals surface area contributed by atoms with E-state index in [0.717, 1.165) is 0 Å². The molecule has 0 saturated heterocycles. The van der Waals surface area contributed by atoms with Gasteiger partial charge in [-0.15, -0.1) is 32.9 Å². The molecule has 0 heterocycles. The van der Waals surface area contributed by atoms with Crippen molar-refractivity contribution in [3.8, 4) is 0 Å². The largest absolute Gasteiger partial charge is 0.522 e. The Labute approximate surface area is 487 Å². The number of Topliss-reactive ketones (excluding diaryl/α,β-unsaturated/α-hetero) is 1. The van der Waals surface area contributed by atoms with E-state index in [4.69, 9.17) is 5.73 Å². The van der Waals surface area contributed by atoms with E-state index in [1.807, 2.05) is 6.92 Å². The molecule has 12 nitrogen and oxygen atoms in total. The van der Waals surface area contributed by atoms with E-state index in [2.05, 4.69) is 44.0 Å². The highest BCUT2D eigenvalue weighted by atomic mass is 19.5. The summed E-state index contributed by atoms with van der Waals surface area (Å²) in [7, 11) is -0.144. The lowest BCUT2D eigenvalue weighted by Crippen LogP contribution is -2.64. The summed E-state index contributed by atoms with van der Waals surface area (Å²) in [5.74, 6) is -60.9. The third-order valence-electron chi connectivity index (χ3n) is 10.7. The molecule has 50 heteroatoms. The molecule has 92 heavy (non-hydrogen) atoms. The van der Waals surface area contributed by atoms with Crippen LogP contribution in [-0.2, 0) is 47.6 Å². The smallest absolute Gasteiger partial charge is 0.460 e. The van der Waals surface area contributed by atoms with E-state index in [1.165, 1.54) is 9.47 Å². The van der Waals surface area contributed by atoms with Crippen LogP contribution in [0.1, 0.15) is 52.9 Å². The Morgan fingerprint density at radius 2 is 0.859 bits per heavy atom. The minimum Gasteiger partial charge on any atom is -0.460 e. The Kier molecular flexibility index (Phi) is 31.6. The van der Waals surface area contributed by atoms with Crippen molar-refractivity contribution in [1.29, 1.82) is 0 Å². The quantitative estimate of drug-likeness (QED) is 0.0317. The molecular weight excluding hydrogens is 1410 g/mol. The van der Waals surface area contributed by atoms with Gasteiger partial charge in [0.05, 0.1) is 6.61 Å². The van der Waals surface area contributed by atoms with Crippen molar-refractivity contribution in [1.82, 2.24) is 5.32 Å². The standard InChI is InChI=1S/C18H7F27O6.C13H21NO2.C8H7F11O2.C3H7N/c1-2-6(11(25,26)27,3-48-4(46)7(19,12(28,29)30)50-17(42,43)9(21,22)14(34,35)36)16(40,41)49-5(47)8(20,13(31,32)33)51-18(44,45)10(23,24)15(37,38)39;1-5-8-9-11(15)13(4,7-3)12(16)14-10-6-2;1-20-7(15,16)6(13,14)5(11,12)4(9,10)2-3-21-8(17,18)19;1-2-3-4/h2-3H2,1H3;5-6H,1-2,7-10H2,3-4H3,(H,14,16);2-3H2,1H3;2H,1,3-4H2. The first-order valence-electron chi connectivity index (χ1n) is 22.7. The lowest BCUT2D eigenvalue weighted by molar-refractivity contribution is -0.479. The Morgan fingerprint density at radius 1 is 0.478 bits per heavy atom. The number of ketones is 1. The number of carbonyl (C=O) groups excluding carboxylic acids is 4. The number of rotatable bonds is 29. The number of nitrogens with one attached hydrogen (secondary N) is 1. The van der Waals surface area contributed by atoms with Crippen molar-refractivity contribution in [2.24, 2.45) is 16.6 Å². The first-order chi connectivity index (χ1) is 40.2. The zero-order valence-electron chi connectivity index (χ0n) is 45.2. The Balaban J connectivity index is -0.000000762. The summed E-state index contributed by atoms with van der Waals surface area (Å²) in [6.07, 6.45) is -72.5. The van der Waals surface area contributed by atoms with Gasteiger partial charge >= 0.3 is 115 Å². The number of halogens is 38. The average molecular weight is 1460 g/mol. The number of ether oxygens (including phenoxy) is 6. The van der Waals surface area contributed by atoms with Crippen LogP contribution in [-0.4, -0.2) is 160 Å². The number of carbonyl (C=O) groups is 4. The fourth-order valence-corrected chi connectivity index (χ4v) is 4.99. The maximum Gasteiger partial charge on any atom is 0.522 e. The third-order valence-corrected chi connectivity index (χ3v) is 10.7. The molecule has 0 rings (SSSR count). The van der Waals surface area contributed by atoms with Crippen LogP contribution in [0.2, 0.25) is 0 Å². The van der Waals surface area contributed by atoms with Crippen LogP contribution < -0.4 is 11.1 Å². The van der Waals surface area contributed by atoms with Crippen molar-refractivity contribution in [2.45, 2.75) is 156 Å². The average Bonchev–Trinajstić information content (AvgIpc) is 0.752. The number of hydrogen-bond acceptors (Lipinski definition) is 11. The van der Waals surface area contributed by atoms with E-state index in [-0.39, 0.29) is 18.8 Å². The Morgan fingerprint density at radius 3 is 1.14 bits per heavy atom. The lowest BCUT2D eigenvalue weighted by atomic mass is 9.80. The molecule has 0 spiro atoms. The van der Waals surface area contributed by atoms with Crippen molar-refractivity contribution in [3.05, 3.63) is 38.0 Å². The molecule has 0 aromatic carbocycles. The van der Waals surface area contributed by atoms with Gasteiger partial charge in [-0.3, -0.25) is 23.8 Å². The van der Waals surface area contributed by atoms with Gasteiger partial charge in [-0.1, -0.05) is 32.1 Å². The summed E-state index contributed by atoms with van der Waals surface area (Å²) >= 11 is 0. The van der Waals surface area contributed by atoms with Crippen molar-refractivity contribution >= 4 is 23.6 Å². The monoisotopic (exact) mass is 1460 g/mol. The van der Waals surface area contributed by atoms with Crippen LogP contribution in [0, 0.1) is 10.8 Å². The van der Waals surface area contributed by atoms with Crippen LogP contribution >= 0.6 is 0 Å². The van der Waals surface area contributed by atoms with Crippen molar-refractivity contribution in [3.63, 3.8) is 0 Å². The van der Waals surface area contributed by atoms with Gasteiger partial charge in [-0.05, 0) is 26.2 Å². The van der Waals surface area contributed by atoms with Gasteiger partial charge < -0.3 is 25.3 Å². The molecule has 4 atom stereocenters. The fraction of sp³-hybridized carbons (Fsp3) is 0.762. The predicted molar refractivity (Wildman–Crippen MR) is 223 cm³/mol. The van der Waals surface area contributed by atoms with Crippen LogP contribution in [0.5, 0.6) is 0 Å². The molecule has 0 saturated carbocycles.